The van der Waals surface area contributed by atoms with Gasteiger partial charge in [-0.05, 0) is 26.3 Å². The molecule has 0 spiro atoms. The zero-order valence-electron chi connectivity index (χ0n) is 17.5. The minimum absolute atomic E-state index is 0.0674. The number of nitrogens with zero attached hydrogens (tertiary/aromatic N) is 2. The Morgan fingerprint density at radius 2 is 1.93 bits per heavy atom. The summed E-state index contributed by atoms with van der Waals surface area (Å²) in [6.07, 6.45) is -0.418. The lowest BCUT2D eigenvalue weighted by atomic mass is 10.1. The second-order valence-electron chi connectivity index (χ2n) is 8.53. The van der Waals surface area contributed by atoms with Crippen molar-refractivity contribution in [3.63, 3.8) is 0 Å². The monoisotopic (exact) mass is 453 g/mol. The van der Waals surface area contributed by atoms with Crippen molar-refractivity contribution in [2.45, 2.75) is 50.1 Å². The number of fused-ring (bicyclic) bond motifs is 1. The van der Waals surface area contributed by atoms with Gasteiger partial charge in [-0.15, -0.1) is 0 Å². The normalized spacial score (nSPS) is 25.1. The van der Waals surface area contributed by atoms with Gasteiger partial charge in [0.25, 0.3) is 5.91 Å². The van der Waals surface area contributed by atoms with Crippen LogP contribution >= 0.6 is 11.8 Å². The predicted molar refractivity (Wildman–Crippen MR) is 117 cm³/mol. The quantitative estimate of drug-likeness (QED) is 0.742. The number of benzene rings is 1. The predicted octanol–water partition coefficient (Wildman–Crippen LogP) is 1.85. The van der Waals surface area contributed by atoms with Crippen molar-refractivity contribution in [2.75, 3.05) is 18.6 Å². The Bertz CT molecular complexity index is 941. The lowest BCUT2D eigenvalue weighted by molar-refractivity contribution is -0.119. The number of sulfone groups is 1. The molecule has 164 valence electrons. The number of nitrogens with one attached hydrogen (secondary N) is 1. The molecule has 2 aliphatic rings. The molecular formula is C20H27N3O5S2. The Balaban J connectivity index is 1.76. The van der Waals surface area contributed by atoms with Crippen LogP contribution in [-0.4, -0.2) is 72.0 Å². The number of ether oxygens (including phenoxy) is 1. The van der Waals surface area contributed by atoms with Gasteiger partial charge < -0.3 is 15.0 Å². The molecule has 10 heteroatoms. The molecule has 0 radical (unpaired) electrons. The van der Waals surface area contributed by atoms with E-state index in [0.29, 0.717) is 5.17 Å². The third-order valence-electron chi connectivity index (χ3n) is 4.81. The van der Waals surface area contributed by atoms with Gasteiger partial charge in [-0.3, -0.25) is 4.79 Å². The van der Waals surface area contributed by atoms with Gasteiger partial charge in [-0.25, -0.2) is 13.2 Å². The first kappa shape index (κ1) is 22.6. The Morgan fingerprint density at radius 3 is 2.53 bits per heavy atom. The van der Waals surface area contributed by atoms with Crippen LogP contribution in [0.5, 0.6) is 0 Å². The number of rotatable bonds is 4. The number of hydrogen-bond acceptors (Lipinski definition) is 6. The lowest BCUT2D eigenvalue weighted by Crippen LogP contribution is -2.44. The number of carbonyl (C=O) groups excluding carboxylic acids is 2. The summed E-state index contributed by atoms with van der Waals surface area (Å²) in [5.74, 6) is -0.344. The lowest BCUT2D eigenvalue weighted by Gasteiger charge is -2.23. The first-order valence-corrected chi connectivity index (χ1v) is 12.4. The highest BCUT2D eigenvalue weighted by molar-refractivity contribution is 8.15. The van der Waals surface area contributed by atoms with Crippen molar-refractivity contribution in [3.05, 3.63) is 35.9 Å². The second-order valence-corrected chi connectivity index (χ2v) is 11.9. The first-order valence-electron chi connectivity index (χ1n) is 9.69. The van der Waals surface area contributed by atoms with E-state index in [2.05, 4.69) is 10.3 Å². The molecule has 2 fully saturated rings. The van der Waals surface area contributed by atoms with Crippen LogP contribution in [0.3, 0.4) is 0 Å². The maximum absolute atomic E-state index is 13.0. The summed E-state index contributed by atoms with van der Waals surface area (Å²) in [5.41, 5.74) is 0.184. The van der Waals surface area contributed by atoms with Crippen LogP contribution < -0.4 is 5.32 Å². The molecule has 0 bridgehead atoms. The van der Waals surface area contributed by atoms with Crippen molar-refractivity contribution in [1.82, 2.24) is 10.2 Å². The van der Waals surface area contributed by atoms with Crippen LogP contribution in [0.4, 0.5) is 4.79 Å². The van der Waals surface area contributed by atoms with Crippen molar-refractivity contribution in [2.24, 2.45) is 4.99 Å². The van der Waals surface area contributed by atoms with E-state index in [1.807, 2.05) is 30.3 Å². The third kappa shape index (κ3) is 5.75. The van der Waals surface area contributed by atoms with E-state index < -0.39 is 33.5 Å². The highest BCUT2D eigenvalue weighted by atomic mass is 32.2. The highest BCUT2D eigenvalue weighted by Gasteiger charge is 2.47. The van der Waals surface area contributed by atoms with Crippen LogP contribution in [0.2, 0.25) is 0 Å². The summed E-state index contributed by atoms with van der Waals surface area (Å²) < 4.78 is 29.0. The number of amidine groups is 1. The van der Waals surface area contributed by atoms with Gasteiger partial charge in [0.2, 0.25) is 0 Å². The molecule has 2 saturated heterocycles. The van der Waals surface area contributed by atoms with E-state index in [4.69, 9.17) is 4.74 Å². The van der Waals surface area contributed by atoms with Crippen molar-refractivity contribution in [1.29, 1.82) is 0 Å². The maximum Gasteiger partial charge on any atom is 0.408 e. The Labute approximate surface area is 181 Å². The third-order valence-corrected chi connectivity index (χ3v) is 8.11. The average Bonchev–Trinajstić information content (AvgIpc) is 3.06. The van der Waals surface area contributed by atoms with Gasteiger partial charge in [0.1, 0.15) is 11.6 Å². The molecule has 3 atom stereocenters. The summed E-state index contributed by atoms with van der Waals surface area (Å²) in [6, 6.07) is 8.26. The molecule has 8 nitrogen and oxygen atoms in total. The van der Waals surface area contributed by atoms with Crippen LogP contribution in [-0.2, 0) is 25.8 Å². The summed E-state index contributed by atoms with van der Waals surface area (Å²) in [7, 11) is -1.31. The van der Waals surface area contributed by atoms with E-state index in [1.165, 1.54) is 11.8 Å². The van der Waals surface area contributed by atoms with Gasteiger partial charge in [0, 0.05) is 18.7 Å². The smallest absolute Gasteiger partial charge is 0.408 e. The van der Waals surface area contributed by atoms with Crippen molar-refractivity contribution < 1.29 is 22.7 Å². The minimum Gasteiger partial charge on any atom is -0.444 e. The maximum atomic E-state index is 13.0. The molecule has 30 heavy (non-hydrogen) atoms. The fraction of sp³-hybridized carbons (Fsp3) is 0.550. The summed E-state index contributed by atoms with van der Waals surface area (Å²) in [5, 5.41) is 2.99. The average molecular weight is 454 g/mol. The Hall–Kier alpha value is -2.07. The molecular weight excluding hydrogens is 426 g/mol. The molecule has 2 amide bonds. The highest BCUT2D eigenvalue weighted by Crippen LogP contribution is 2.37. The van der Waals surface area contributed by atoms with E-state index >= 15 is 0 Å². The van der Waals surface area contributed by atoms with E-state index in [0.717, 1.165) is 5.56 Å². The first-order chi connectivity index (χ1) is 13.9. The number of alkyl carbamates (subject to hydrolysis) is 1. The minimum atomic E-state index is -3.06. The number of carbonyl (C=O) groups is 2. The van der Waals surface area contributed by atoms with Crippen LogP contribution in [0.25, 0.3) is 0 Å². The molecule has 1 aromatic rings. The van der Waals surface area contributed by atoms with Gasteiger partial charge in [-0.1, -0.05) is 42.1 Å². The summed E-state index contributed by atoms with van der Waals surface area (Å²) in [6.45, 7) is 5.24. The molecule has 0 aliphatic carbocycles. The van der Waals surface area contributed by atoms with Crippen LogP contribution in [0.15, 0.2) is 35.3 Å². The zero-order chi connectivity index (χ0) is 22.1. The Kier molecular flexibility index (Phi) is 6.47. The van der Waals surface area contributed by atoms with Gasteiger partial charge >= 0.3 is 6.09 Å². The number of thioether (sulfide) groups is 1. The van der Waals surface area contributed by atoms with E-state index in [9.17, 15) is 18.0 Å². The molecule has 1 aromatic carbocycles. The Morgan fingerprint density at radius 1 is 1.27 bits per heavy atom. The SMILES string of the molecule is CN1C(=NC(=O)[C@H](Cc2ccccc2)NC(=O)OC(C)(C)C)S[C@@H]2CS(=O)(=O)C[C@@H]21. The topological polar surface area (TPSA) is 105 Å². The molecule has 2 heterocycles. The van der Waals surface area contributed by atoms with E-state index in [-0.39, 0.29) is 29.2 Å². The number of amides is 2. The fourth-order valence-electron chi connectivity index (χ4n) is 3.41. The summed E-state index contributed by atoms with van der Waals surface area (Å²) in [4.78, 5) is 31.3. The van der Waals surface area contributed by atoms with Crippen LogP contribution in [0, 0.1) is 0 Å². The fourth-order valence-corrected chi connectivity index (χ4v) is 7.41. The van der Waals surface area contributed by atoms with Crippen molar-refractivity contribution in [3.8, 4) is 0 Å². The van der Waals surface area contributed by atoms with Crippen LogP contribution in [0.1, 0.15) is 26.3 Å². The van der Waals surface area contributed by atoms with Crippen molar-refractivity contribution >= 4 is 38.8 Å². The molecule has 0 aromatic heterocycles. The molecule has 1 N–H and O–H groups in total. The molecule has 0 saturated carbocycles. The molecule has 0 unspecified atom stereocenters. The second kappa shape index (κ2) is 8.58. The number of aliphatic imine (C=N–C) groups is 1. The zero-order valence-corrected chi connectivity index (χ0v) is 19.1. The van der Waals surface area contributed by atoms with Gasteiger partial charge in [0.15, 0.2) is 15.0 Å². The van der Waals surface area contributed by atoms with Gasteiger partial charge in [0.05, 0.1) is 17.5 Å². The largest absolute Gasteiger partial charge is 0.444 e. The summed E-state index contributed by atoms with van der Waals surface area (Å²) >= 11 is 1.30. The number of hydrogen-bond donors (Lipinski definition) is 1. The standard InChI is InChI=1S/C20H27N3O5S2/c1-20(2,3)28-19(25)21-14(10-13-8-6-5-7-9-13)17(24)22-18-23(4)15-11-30(26,27)12-16(15)29-18/h5-9,14-16H,10-12H2,1-4H3,(H,21,25)/t14-,15-,16+/m0/s1. The van der Waals surface area contributed by atoms with E-state index in [1.54, 1.807) is 32.7 Å². The van der Waals surface area contributed by atoms with Gasteiger partial charge in [-0.2, -0.15) is 4.99 Å². The molecule has 3 rings (SSSR count). The molecule has 2 aliphatic heterocycles.